The third-order valence-electron chi connectivity index (χ3n) is 5.00. The molecule has 4 rings (SSSR count). The number of nitrogens with zero attached hydrogens (tertiary/aromatic N) is 1. The van der Waals surface area contributed by atoms with Crippen molar-refractivity contribution in [3.63, 3.8) is 0 Å². The second kappa shape index (κ2) is 8.61. The first-order valence-corrected chi connectivity index (χ1v) is 11.2. The Balaban J connectivity index is 1.65. The molecule has 1 atom stereocenters. The normalized spacial score (nSPS) is 15.5. The smallest absolute Gasteiger partial charge is 0.255 e. The number of halogens is 2. The van der Waals surface area contributed by atoms with Crippen molar-refractivity contribution in [3.8, 4) is 0 Å². The van der Waals surface area contributed by atoms with Crippen LogP contribution in [0.2, 0.25) is 5.02 Å². The largest absolute Gasteiger partial charge is 0.322 e. The number of carbonyl (C=O) groups is 2. The van der Waals surface area contributed by atoms with Gasteiger partial charge in [0.05, 0.1) is 27.9 Å². The van der Waals surface area contributed by atoms with Gasteiger partial charge in [-0.25, -0.2) is 4.39 Å². The molecule has 0 aliphatic carbocycles. The summed E-state index contributed by atoms with van der Waals surface area (Å²) in [4.78, 5) is 27.4. The number of hydrogen-bond acceptors (Lipinski definition) is 3. The predicted molar refractivity (Wildman–Crippen MR) is 119 cm³/mol. The molecule has 8 heteroatoms. The van der Waals surface area contributed by atoms with E-state index in [9.17, 15) is 18.2 Å². The summed E-state index contributed by atoms with van der Waals surface area (Å²) in [7, 11) is -1.49. The lowest BCUT2D eigenvalue weighted by molar-refractivity contribution is -0.116. The Morgan fingerprint density at radius 1 is 1.13 bits per heavy atom. The van der Waals surface area contributed by atoms with E-state index in [-0.39, 0.29) is 29.9 Å². The van der Waals surface area contributed by atoms with Crippen LogP contribution in [0.5, 0.6) is 0 Å². The second-order valence-corrected chi connectivity index (χ2v) is 9.02. The highest BCUT2D eigenvalue weighted by Gasteiger charge is 2.30. The first-order chi connectivity index (χ1) is 14.8. The molecule has 0 radical (unpaired) electrons. The topological polar surface area (TPSA) is 66.5 Å². The summed E-state index contributed by atoms with van der Waals surface area (Å²) in [6.45, 7) is 2.05. The van der Waals surface area contributed by atoms with Crippen LogP contribution in [0.4, 0.5) is 15.8 Å². The molecule has 3 aromatic rings. The van der Waals surface area contributed by atoms with E-state index in [1.807, 2.05) is 6.92 Å². The van der Waals surface area contributed by atoms with Crippen molar-refractivity contribution in [2.24, 2.45) is 0 Å². The van der Waals surface area contributed by atoms with Gasteiger partial charge in [-0.05, 0) is 60.5 Å². The van der Waals surface area contributed by atoms with Crippen molar-refractivity contribution in [2.75, 3.05) is 16.0 Å². The Bertz CT molecular complexity index is 1210. The number of rotatable bonds is 4. The van der Waals surface area contributed by atoms with Gasteiger partial charge < -0.3 is 10.2 Å². The summed E-state index contributed by atoms with van der Waals surface area (Å²) >= 11 is 6.12. The Labute approximate surface area is 186 Å². The lowest BCUT2D eigenvalue weighted by Crippen LogP contribution is -2.38. The zero-order valence-electron chi connectivity index (χ0n) is 16.5. The monoisotopic (exact) mass is 456 g/mol. The summed E-state index contributed by atoms with van der Waals surface area (Å²) < 4.78 is 25.7. The third kappa shape index (κ3) is 4.52. The lowest BCUT2D eigenvalue weighted by Gasteiger charge is -2.29. The van der Waals surface area contributed by atoms with E-state index in [1.54, 1.807) is 48.5 Å². The van der Waals surface area contributed by atoms with Gasteiger partial charge in [0, 0.05) is 16.3 Å². The molecular weight excluding hydrogens is 439 g/mol. The average molecular weight is 457 g/mol. The van der Waals surface area contributed by atoms with Gasteiger partial charge in [-0.2, -0.15) is 0 Å². The highest BCUT2D eigenvalue weighted by atomic mass is 35.5. The van der Waals surface area contributed by atoms with Crippen molar-refractivity contribution in [3.05, 3.63) is 88.2 Å². The number of amides is 2. The number of anilines is 2. The summed E-state index contributed by atoms with van der Waals surface area (Å²) in [5.41, 5.74) is 2.88. The summed E-state index contributed by atoms with van der Waals surface area (Å²) in [6.07, 6.45) is 0. The molecule has 0 fully saturated rings. The maximum Gasteiger partial charge on any atom is 0.255 e. The molecule has 1 aliphatic heterocycles. The zero-order valence-corrected chi connectivity index (χ0v) is 18.1. The fraction of sp³-hybridized carbons (Fsp3) is 0.130. The van der Waals surface area contributed by atoms with Crippen LogP contribution in [0.15, 0.2) is 65.6 Å². The van der Waals surface area contributed by atoms with E-state index >= 15 is 0 Å². The minimum atomic E-state index is -1.49. The van der Waals surface area contributed by atoms with Gasteiger partial charge in [-0.3, -0.25) is 13.8 Å². The highest BCUT2D eigenvalue weighted by molar-refractivity contribution is 7.86. The van der Waals surface area contributed by atoms with Crippen LogP contribution >= 0.6 is 11.6 Å². The van der Waals surface area contributed by atoms with Crippen LogP contribution < -0.4 is 10.2 Å². The molecule has 1 N–H and O–H groups in total. The van der Waals surface area contributed by atoms with E-state index in [4.69, 9.17) is 11.6 Å². The van der Waals surface area contributed by atoms with Crippen LogP contribution in [0, 0.1) is 12.7 Å². The standard InChI is InChI=1S/C23H18ClFN2O3S/c1-14-2-8-18(11-19(14)24)26-23(29)16-5-9-21-20(10-16)27(22(28)13-31(21)30)12-15-3-6-17(25)7-4-15/h2-11H,12-13H2,1H3,(H,26,29)/t31-/m0/s1. The summed E-state index contributed by atoms with van der Waals surface area (Å²) in [6, 6.07) is 15.8. The van der Waals surface area contributed by atoms with Gasteiger partial charge in [0.15, 0.2) is 0 Å². The minimum absolute atomic E-state index is 0.137. The number of fused-ring (bicyclic) bond motifs is 1. The molecule has 0 unspecified atom stereocenters. The summed E-state index contributed by atoms with van der Waals surface area (Å²) in [5, 5.41) is 3.32. The minimum Gasteiger partial charge on any atom is -0.322 e. The highest BCUT2D eigenvalue weighted by Crippen LogP contribution is 2.32. The van der Waals surface area contributed by atoms with Crippen molar-refractivity contribution in [1.29, 1.82) is 0 Å². The summed E-state index contributed by atoms with van der Waals surface area (Å²) in [5.74, 6) is -1.21. The molecule has 3 aromatic carbocycles. The third-order valence-corrected chi connectivity index (χ3v) is 6.75. The lowest BCUT2D eigenvalue weighted by atomic mass is 10.1. The molecule has 0 spiro atoms. The molecule has 5 nitrogen and oxygen atoms in total. The maximum atomic E-state index is 13.2. The van der Waals surface area contributed by atoms with Crippen molar-refractivity contribution in [2.45, 2.75) is 18.4 Å². The van der Waals surface area contributed by atoms with E-state index in [0.717, 1.165) is 11.1 Å². The van der Waals surface area contributed by atoms with Crippen LogP contribution in [0.1, 0.15) is 21.5 Å². The van der Waals surface area contributed by atoms with E-state index in [2.05, 4.69) is 5.32 Å². The maximum absolute atomic E-state index is 13.2. The average Bonchev–Trinajstić information content (AvgIpc) is 2.74. The molecule has 0 saturated carbocycles. The number of nitrogens with one attached hydrogen (secondary N) is 1. The molecule has 2 amide bonds. The van der Waals surface area contributed by atoms with Crippen molar-refractivity contribution in [1.82, 2.24) is 0 Å². The fourth-order valence-corrected chi connectivity index (χ4v) is 4.62. The molecule has 0 saturated heterocycles. The van der Waals surface area contributed by atoms with Gasteiger partial charge in [0.2, 0.25) is 5.91 Å². The molecule has 31 heavy (non-hydrogen) atoms. The first kappa shape index (κ1) is 21.2. The van der Waals surface area contributed by atoms with Gasteiger partial charge in [-0.15, -0.1) is 0 Å². The Kier molecular flexibility index (Phi) is 5.89. The Morgan fingerprint density at radius 2 is 1.87 bits per heavy atom. The Morgan fingerprint density at radius 3 is 2.58 bits per heavy atom. The molecular formula is C23H18ClFN2O3S. The number of aryl methyl sites for hydroxylation is 1. The van der Waals surface area contributed by atoms with E-state index in [0.29, 0.717) is 26.9 Å². The second-order valence-electron chi connectivity index (χ2n) is 7.20. The van der Waals surface area contributed by atoms with Crippen LogP contribution in [0.3, 0.4) is 0 Å². The van der Waals surface area contributed by atoms with Crippen molar-refractivity contribution >= 4 is 45.6 Å². The van der Waals surface area contributed by atoms with E-state index < -0.39 is 10.8 Å². The van der Waals surface area contributed by atoms with Gasteiger partial charge in [0.25, 0.3) is 5.91 Å². The predicted octanol–water partition coefficient (Wildman–Crippen LogP) is 4.69. The number of carbonyl (C=O) groups excluding carboxylic acids is 2. The van der Waals surface area contributed by atoms with E-state index in [1.165, 1.54) is 17.0 Å². The van der Waals surface area contributed by atoms with Gasteiger partial charge in [-0.1, -0.05) is 29.8 Å². The van der Waals surface area contributed by atoms with Crippen molar-refractivity contribution < 1.29 is 18.2 Å². The Hall–Kier alpha value is -3.03. The number of hydrogen-bond donors (Lipinski definition) is 1. The van der Waals surface area contributed by atoms with Gasteiger partial charge in [0.1, 0.15) is 11.6 Å². The first-order valence-electron chi connectivity index (χ1n) is 9.46. The quantitative estimate of drug-likeness (QED) is 0.619. The number of benzene rings is 3. The van der Waals surface area contributed by atoms with Crippen LogP contribution in [-0.2, 0) is 22.1 Å². The molecule has 0 bridgehead atoms. The molecule has 0 aromatic heterocycles. The fourth-order valence-electron chi connectivity index (χ4n) is 3.28. The van der Waals surface area contributed by atoms with Crippen LogP contribution in [-0.4, -0.2) is 21.8 Å². The zero-order chi connectivity index (χ0) is 22.1. The molecule has 1 heterocycles. The molecule has 1 aliphatic rings. The van der Waals surface area contributed by atoms with Gasteiger partial charge >= 0.3 is 0 Å². The SMILES string of the molecule is Cc1ccc(NC(=O)c2ccc3c(c2)N(Cc2ccc(F)cc2)C(=O)C[S@@]3=O)cc1Cl. The van der Waals surface area contributed by atoms with Crippen LogP contribution in [0.25, 0.3) is 0 Å². The molecule has 158 valence electrons.